The van der Waals surface area contributed by atoms with Crippen LogP contribution in [0.3, 0.4) is 0 Å². The van der Waals surface area contributed by atoms with Gasteiger partial charge in [-0.3, -0.25) is 0 Å². The molecule has 24 heavy (non-hydrogen) atoms. The Kier molecular flexibility index (Phi) is 4.47. The maximum absolute atomic E-state index is 4.85. The standard InChI is InChI=1S/C17H18BrN5S/c18-14-10-20-23-16(21-12-1-3-13(24)4-2-12)9-15(22-17(14)23)11-5-7-19-8-6-11/h1-4,9-11,19,21,24H,5-8H2. The first-order chi connectivity index (χ1) is 11.7. The molecule has 1 aromatic carbocycles. The van der Waals surface area contributed by atoms with Gasteiger partial charge in [0.15, 0.2) is 5.65 Å². The third kappa shape index (κ3) is 3.16. The molecule has 0 bridgehead atoms. The van der Waals surface area contributed by atoms with Gasteiger partial charge in [0.05, 0.1) is 10.7 Å². The SMILES string of the molecule is Sc1ccc(Nc2cc(C3CCNCC3)nc3c(Br)cnn23)cc1. The van der Waals surface area contributed by atoms with Crippen molar-refractivity contribution >= 4 is 45.7 Å². The topological polar surface area (TPSA) is 54.2 Å². The molecule has 0 spiro atoms. The summed E-state index contributed by atoms with van der Waals surface area (Å²) < 4.78 is 2.75. The molecule has 4 rings (SSSR count). The molecule has 0 saturated carbocycles. The van der Waals surface area contributed by atoms with Gasteiger partial charge >= 0.3 is 0 Å². The highest BCUT2D eigenvalue weighted by atomic mass is 79.9. The molecule has 0 radical (unpaired) electrons. The van der Waals surface area contributed by atoms with E-state index in [9.17, 15) is 0 Å². The van der Waals surface area contributed by atoms with Crippen LogP contribution in [0.4, 0.5) is 11.5 Å². The van der Waals surface area contributed by atoms with Crippen molar-refractivity contribution in [1.82, 2.24) is 19.9 Å². The van der Waals surface area contributed by atoms with E-state index in [-0.39, 0.29) is 0 Å². The third-order valence-corrected chi connectivity index (χ3v) is 5.20. The highest BCUT2D eigenvalue weighted by Crippen LogP contribution is 2.29. The molecule has 1 saturated heterocycles. The second kappa shape index (κ2) is 6.74. The number of anilines is 2. The average molecular weight is 404 g/mol. The molecule has 0 aliphatic carbocycles. The summed E-state index contributed by atoms with van der Waals surface area (Å²) in [4.78, 5) is 5.79. The summed E-state index contributed by atoms with van der Waals surface area (Å²) in [6, 6.07) is 10.1. The molecular weight excluding hydrogens is 386 g/mol. The summed E-state index contributed by atoms with van der Waals surface area (Å²) >= 11 is 7.90. The van der Waals surface area contributed by atoms with E-state index in [2.05, 4.69) is 50.4 Å². The van der Waals surface area contributed by atoms with Gasteiger partial charge in [0.25, 0.3) is 0 Å². The lowest BCUT2D eigenvalue weighted by atomic mass is 9.94. The van der Waals surface area contributed by atoms with E-state index in [1.165, 1.54) is 0 Å². The normalized spacial score (nSPS) is 15.8. The number of piperidine rings is 1. The van der Waals surface area contributed by atoms with Crippen LogP contribution >= 0.6 is 28.6 Å². The first-order valence-corrected chi connectivity index (χ1v) is 9.26. The van der Waals surface area contributed by atoms with E-state index in [1.54, 1.807) is 6.20 Å². The lowest BCUT2D eigenvalue weighted by Gasteiger charge is -2.23. The minimum Gasteiger partial charge on any atom is -0.340 e. The smallest absolute Gasteiger partial charge is 0.171 e. The minimum atomic E-state index is 0.485. The van der Waals surface area contributed by atoms with Crippen molar-refractivity contribution in [1.29, 1.82) is 0 Å². The fraction of sp³-hybridized carbons (Fsp3) is 0.294. The van der Waals surface area contributed by atoms with Gasteiger partial charge in [-0.05, 0) is 66.1 Å². The number of hydrogen-bond donors (Lipinski definition) is 3. The van der Waals surface area contributed by atoms with E-state index in [0.29, 0.717) is 5.92 Å². The highest BCUT2D eigenvalue weighted by Gasteiger charge is 2.19. The van der Waals surface area contributed by atoms with Crippen LogP contribution in [-0.2, 0) is 0 Å². The molecular formula is C17H18BrN5S. The Morgan fingerprint density at radius 2 is 1.96 bits per heavy atom. The van der Waals surface area contributed by atoms with E-state index in [0.717, 1.165) is 58.1 Å². The molecule has 1 aliphatic rings. The molecule has 0 atom stereocenters. The fourth-order valence-corrected chi connectivity index (χ4v) is 3.56. The lowest BCUT2D eigenvalue weighted by molar-refractivity contribution is 0.453. The van der Waals surface area contributed by atoms with Crippen LogP contribution in [0.5, 0.6) is 0 Å². The summed E-state index contributed by atoms with van der Waals surface area (Å²) in [6.45, 7) is 2.09. The van der Waals surface area contributed by atoms with Crippen LogP contribution in [0, 0.1) is 0 Å². The summed E-state index contributed by atoms with van der Waals surface area (Å²) in [6.07, 6.45) is 4.02. The van der Waals surface area contributed by atoms with Gasteiger partial charge in [-0.25, -0.2) is 4.98 Å². The Bertz CT molecular complexity index is 855. The number of fused-ring (bicyclic) bond motifs is 1. The molecule has 2 N–H and O–H groups in total. The molecule has 3 aromatic rings. The summed E-state index contributed by atoms with van der Waals surface area (Å²) in [7, 11) is 0. The number of rotatable bonds is 3. The monoisotopic (exact) mass is 403 g/mol. The minimum absolute atomic E-state index is 0.485. The van der Waals surface area contributed by atoms with Gasteiger partial charge < -0.3 is 10.6 Å². The molecule has 0 unspecified atom stereocenters. The molecule has 3 heterocycles. The Hall–Kier alpha value is -1.57. The van der Waals surface area contributed by atoms with Gasteiger partial charge in [0.2, 0.25) is 0 Å². The van der Waals surface area contributed by atoms with E-state index < -0.39 is 0 Å². The molecule has 7 heteroatoms. The van der Waals surface area contributed by atoms with Crippen LogP contribution < -0.4 is 10.6 Å². The predicted octanol–water partition coefficient (Wildman–Crippen LogP) is 3.99. The fourth-order valence-electron chi connectivity index (χ4n) is 3.06. The lowest BCUT2D eigenvalue weighted by Crippen LogP contribution is -2.27. The molecule has 0 amide bonds. The maximum atomic E-state index is 4.85. The van der Waals surface area contributed by atoms with E-state index >= 15 is 0 Å². The first kappa shape index (κ1) is 15.9. The zero-order chi connectivity index (χ0) is 16.5. The van der Waals surface area contributed by atoms with Gasteiger partial charge in [-0.2, -0.15) is 9.61 Å². The van der Waals surface area contributed by atoms with Crippen LogP contribution in [0.15, 0.2) is 45.9 Å². The Morgan fingerprint density at radius 3 is 2.71 bits per heavy atom. The maximum Gasteiger partial charge on any atom is 0.171 e. The third-order valence-electron chi connectivity index (χ3n) is 4.35. The van der Waals surface area contributed by atoms with Gasteiger partial charge in [-0.15, -0.1) is 12.6 Å². The van der Waals surface area contributed by atoms with Gasteiger partial charge in [-0.1, -0.05) is 0 Å². The number of hydrogen-bond acceptors (Lipinski definition) is 5. The van der Waals surface area contributed by atoms with E-state index in [1.807, 2.05) is 28.8 Å². The van der Waals surface area contributed by atoms with Crippen LogP contribution in [0.1, 0.15) is 24.5 Å². The zero-order valence-electron chi connectivity index (χ0n) is 13.0. The van der Waals surface area contributed by atoms with Crippen LogP contribution in [-0.4, -0.2) is 27.7 Å². The predicted molar refractivity (Wildman–Crippen MR) is 103 cm³/mol. The Labute approximate surface area is 154 Å². The summed E-state index contributed by atoms with van der Waals surface area (Å²) in [5.74, 6) is 1.41. The number of nitrogens with one attached hydrogen (secondary N) is 2. The van der Waals surface area contributed by atoms with Crippen LogP contribution in [0.2, 0.25) is 0 Å². The zero-order valence-corrected chi connectivity index (χ0v) is 15.5. The number of nitrogens with zero attached hydrogens (tertiary/aromatic N) is 3. The largest absolute Gasteiger partial charge is 0.340 e. The number of aromatic nitrogens is 3. The van der Waals surface area contributed by atoms with E-state index in [4.69, 9.17) is 4.98 Å². The van der Waals surface area contributed by atoms with Crippen molar-refractivity contribution in [2.24, 2.45) is 0 Å². The summed E-state index contributed by atoms with van der Waals surface area (Å²) in [5, 5.41) is 11.3. The van der Waals surface area contributed by atoms with Gasteiger partial charge in [0, 0.05) is 28.3 Å². The highest BCUT2D eigenvalue weighted by molar-refractivity contribution is 9.10. The molecule has 124 valence electrons. The van der Waals surface area contributed by atoms with Crippen molar-refractivity contribution in [2.75, 3.05) is 18.4 Å². The van der Waals surface area contributed by atoms with Crippen molar-refractivity contribution in [3.8, 4) is 0 Å². The van der Waals surface area contributed by atoms with Crippen molar-refractivity contribution in [3.63, 3.8) is 0 Å². The second-order valence-electron chi connectivity index (χ2n) is 5.99. The first-order valence-electron chi connectivity index (χ1n) is 8.01. The number of thiol groups is 1. The number of halogens is 1. The average Bonchev–Trinajstić information content (AvgIpc) is 2.99. The Morgan fingerprint density at radius 1 is 1.21 bits per heavy atom. The quantitative estimate of drug-likeness (QED) is 0.578. The van der Waals surface area contributed by atoms with Crippen molar-refractivity contribution in [3.05, 3.63) is 46.7 Å². The van der Waals surface area contributed by atoms with Crippen molar-refractivity contribution in [2.45, 2.75) is 23.7 Å². The van der Waals surface area contributed by atoms with Crippen molar-refractivity contribution < 1.29 is 0 Å². The van der Waals surface area contributed by atoms with Crippen LogP contribution in [0.25, 0.3) is 5.65 Å². The molecule has 1 fully saturated rings. The molecule has 5 nitrogen and oxygen atoms in total. The molecule has 2 aromatic heterocycles. The number of benzene rings is 1. The molecule has 1 aliphatic heterocycles. The van der Waals surface area contributed by atoms with Gasteiger partial charge in [0.1, 0.15) is 5.82 Å². The Balaban J connectivity index is 1.76. The second-order valence-corrected chi connectivity index (χ2v) is 7.36. The summed E-state index contributed by atoms with van der Waals surface area (Å²) in [5.41, 5.74) is 2.97.